The topological polar surface area (TPSA) is 78.9 Å². The molecule has 112 valence electrons. The van der Waals surface area contributed by atoms with E-state index < -0.39 is 11.9 Å². The quantitative estimate of drug-likeness (QED) is 0.864. The van der Waals surface area contributed by atoms with Crippen molar-refractivity contribution in [2.24, 2.45) is 11.8 Å². The van der Waals surface area contributed by atoms with Crippen molar-refractivity contribution in [2.75, 3.05) is 19.7 Å². The number of nitrogens with zero attached hydrogens (tertiary/aromatic N) is 1. The van der Waals surface area contributed by atoms with Crippen LogP contribution in [0.5, 0.6) is 5.75 Å². The second kappa shape index (κ2) is 5.27. The molecule has 2 aliphatic rings. The maximum atomic E-state index is 12.3. The molecule has 0 saturated carbocycles. The summed E-state index contributed by atoms with van der Waals surface area (Å²) >= 11 is 0. The fraction of sp³-hybridized carbons (Fsp3) is 0.467. The number of fused-ring (bicyclic) bond motifs is 1. The normalized spacial score (nSPS) is 27.1. The van der Waals surface area contributed by atoms with Crippen LogP contribution in [-0.2, 0) is 4.79 Å². The van der Waals surface area contributed by atoms with E-state index in [9.17, 15) is 9.59 Å². The molecule has 0 aromatic heterocycles. The highest BCUT2D eigenvalue weighted by Crippen LogP contribution is 2.32. The van der Waals surface area contributed by atoms with E-state index >= 15 is 0 Å². The van der Waals surface area contributed by atoms with Gasteiger partial charge in [-0.2, -0.15) is 0 Å². The van der Waals surface area contributed by atoms with E-state index in [1.54, 1.807) is 4.90 Å². The number of para-hydroxylation sites is 1. The Labute approximate surface area is 122 Å². The molecule has 6 heteroatoms. The number of carboxylic acid groups (broad SMARTS) is 1. The van der Waals surface area contributed by atoms with Crippen LogP contribution in [0.2, 0.25) is 0 Å². The summed E-state index contributed by atoms with van der Waals surface area (Å²) in [4.78, 5) is 25.0. The first-order valence-electron chi connectivity index (χ1n) is 7.06. The van der Waals surface area contributed by atoms with Crippen molar-refractivity contribution < 1.29 is 19.4 Å². The zero-order valence-corrected chi connectivity index (χ0v) is 11.8. The molecule has 2 aliphatic heterocycles. The molecule has 6 nitrogen and oxygen atoms in total. The number of hydrogen-bond donors (Lipinski definition) is 2. The largest absolute Gasteiger partial charge is 0.491 e. The molecule has 2 amide bonds. The number of ether oxygens (including phenoxy) is 1. The molecule has 1 fully saturated rings. The lowest BCUT2D eigenvalue weighted by atomic mass is 9.99. The van der Waals surface area contributed by atoms with E-state index in [2.05, 4.69) is 5.32 Å². The van der Waals surface area contributed by atoms with Crippen LogP contribution < -0.4 is 10.1 Å². The summed E-state index contributed by atoms with van der Waals surface area (Å²) in [5, 5.41) is 12.0. The summed E-state index contributed by atoms with van der Waals surface area (Å²) in [5.41, 5.74) is 0.966. The average Bonchev–Trinajstić information content (AvgIpc) is 3.03. The summed E-state index contributed by atoms with van der Waals surface area (Å²) in [6.07, 6.45) is 0. The molecule has 0 radical (unpaired) electrons. The van der Waals surface area contributed by atoms with Gasteiger partial charge in [0.25, 0.3) is 0 Å². The summed E-state index contributed by atoms with van der Waals surface area (Å²) < 4.78 is 5.53. The van der Waals surface area contributed by atoms with Gasteiger partial charge >= 0.3 is 12.0 Å². The lowest BCUT2D eigenvalue weighted by Gasteiger charge is -2.20. The first-order chi connectivity index (χ1) is 10.1. The van der Waals surface area contributed by atoms with Gasteiger partial charge in [0, 0.05) is 18.7 Å². The lowest BCUT2D eigenvalue weighted by molar-refractivity contribution is -0.142. The number of hydrogen-bond acceptors (Lipinski definition) is 3. The molecule has 2 heterocycles. The fourth-order valence-corrected chi connectivity index (χ4v) is 2.98. The Balaban J connectivity index is 1.65. The van der Waals surface area contributed by atoms with Crippen molar-refractivity contribution in [1.82, 2.24) is 10.2 Å². The van der Waals surface area contributed by atoms with Crippen molar-refractivity contribution in [2.45, 2.75) is 13.0 Å². The summed E-state index contributed by atoms with van der Waals surface area (Å²) in [6, 6.07) is 7.21. The van der Waals surface area contributed by atoms with Crippen molar-refractivity contribution >= 4 is 12.0 Å². The maximum absolute atomic E-state index is 12.3. The third kappa shape index (κ3) is 2.53. The number of benzene rings is 1. The first kappa shape index (κ1) is 13.7. The van der Waals surface area contributed by atoms with Crippen molar-refractivity contribution in [3.63, 3.8) is 0 Å². The molecule has 1 aromatic carbocycles. The molecule has 2 N–H and O–H groups in total. The van der Waals surface area contributed by atoms with Gasteiger partial charge in [-0.1, -0.05) is 25.1 Å². The molecule has 3 unspecified atom stereocenters. The number of carbonyl (C=O) groups is 2. The second-order valence-corrected chi connectivity index (χ2v) is 5.68. The van der Waals surface area contributed by atoms with E-state index in [0.29, 0.717) is 13.2 Å². The van der Waals surface area contributed by atoms with Crippen LogP contribution in [0, 0.1) is 11.8 Å². The van der Waals surface area contributed by atoms with E-state index in [4.69, 9.17) is 9.84 Å². The summed E-state index contributed by atoms with van der Waals surface area (Å²) in [7, 11) is 0. The van der Waals surface area contributed by atoms with E-state index in [-0.39, 0.29) is 24.5 Å². The Kier molecular flexibility index (Phi) is 3.45. The molecule has 1 aromatic rings. The second-order valence-electron chi connectivity index (χ2n) is 5.68. The monoisotopic (exact) mass is 290 g/mol. The van der Waals surface area contributed by atoms with Crippen LogP contribution in [0.4, 0.5) is 4.79 Å². The van der Waals surface area contributed by atoms with Crippen molar-refractivity contribution in [3.8, 4) is 5.75 Å². The highest BCUT2D eigenvalue weighted by Gasteiger charge is 2.38. The molecule has 3 rings (SSSR count). The highest BCUT2D eigenvalue weighted by atomic mass is 16.5. The molecule has 3 atom stereocenters. The number of carboxylic acids is 1. The van der Waals surface area contributed by atoms with Gasteiger partial charge in [-0.05, 0) is 12.0 Å². The Morgan fingerprint density at radius 1 is 1.33 bits per heavy atom. The van der Waals surface area contributed by atoms with Crippen LogP contribution in [0.1, 0.15) is 18.5 Å². The minimum Gasteiger partial charge on any atom is -0.491 e. The average molecular weight is 290 g/mol. The van der Waals surface area contributed by atoms with Crippen LogP contribution in [-0.4, -0.2) is 41.7 Å². The molecule has 21 heavy (non-hydrogen) atoms. The zero-order chi connectivity index (χ0) is 15.0. The van der Waals surface area contributed by atoms with Crippen molar-refractivity contribution in [3.05, 3.63) is 29.8 Å². The minimum atomic E-state index is -0.840. The summed E-state index contributed by atoms with van der Waals surface area (Å²) in [5.74, 6) is -0.559. The van der Waals surface area contributed by atoms with Crippen molar-refractivity contribution in [1.29, 1.82) is 0 Å². The van der Waals surface area contributed by atoms with Gasteiger partial charge in [0.2, 0.25) is 0 Å². The number of amides is 2. The van der Waals surface area contributed by atoms with Crippen LogP contribution in [0.15, 0.2) is 24.3 Å². The molecule has 1 saturated heterocycles. The van der Waals surface area contributed by atoms with Gasteiger partial charge in [-0.25, -0.2) is 4.79 Å². The van der Waals surface area contributed by atoms with Crippen LogP contribution >= 0.6 is 0 Å². The molecular formula is C15H18N2O4. The Bertz CT molecular complexity index is 575. The van der Waals surface area contributed by atoms with Gasteiger partial charge in [-0.15, -0.1) is 0 Å². The van der Waals surface area contributed by atoms with Gasteiger partial charge in [0.1, 0.15) is 12.4 Å². The maximum Gasteiger partial charge on any atom is 0.318 e. The number of rotatable bonds is 2. The Morgan fingerprint density at radius 2 is 2.10 bits per heavy atom. The van der Waals surface area contributed by atoms with E-state index in [1.807, 2.05) is 31.2 Å². The van der Waals surface area contributed by atoms with Gasteiger partial charge in [0.05, 0.1) is 12.0 Å². The summed E-state index contributed by atoms with van der Waals surface area (Å²) in [6.45, 7) is 3.01. The standard InChI is InChI=1S/C15H18N2O4/c1-9-6-17(7-11(9)14(18)19)15(20)16-12-8-21-13-5-3-2-4-10(12)13/h2-5,9,11-12H,6-8H2,1H3,(H,16,20)(H,18,19). The molecular weight excluding hydrogens is 272 g/mol. The van der Waals surface area contributed by atoms with Gasteiger partial charge in [-0.3, -0.25) is 4.79 Å². The SMILES string of the molecule is CC1CN(C(=O)NC2COc3ccccc32)CC1C(=O)O. The third-order valence-electron chi connectivity index (χ3n) is 4.21. The number of carbonyl (C=O) groups excluding carboxylic acids is 1. The Morgan fingerprint density at radius 3 is 2.81 bits per heavy atom. The first-order valence-corrected chi connectivity index (χ1v) is 7.06. The molecule has 0 spiro atoms. The predicted molar refractivity (Wildman–Crippen MR) is 75.1 cm³/mol. The van der Waals surface area contributed by atoms with Gasteiger partial charge < -0.3 is 20.1 Å². The smallest absolute Gasteiger partial charge is 0.318 e. The van der Waals surface area contributed by atoms with Crippen LogP contribution in [0.3, 0.4) is 0 Å². The number of nitrogens with one attached hydrogen (secondary N) is 1. The van der Waals surface area contributed by atoms with E-state index in [0.717, 1.165) is 11.3 Å². The minimum absolute atomic E-state index is 0.0274. The third-order valence-corrected chi connectivity index (χ3v) is 4.21. The zero-order valence-electron chi connectivity index (χ0n) is 11.8. The molecule has 0 aliphatic carbocycles. The molecule has 0 bridgehead atoms. The highest BCUT2D eigenvalue weighted by molar-refractivity contribution is 5.78. The number of likely N-dealkylation sites (tertiary alicyclic amines) is 1. The number of urea groups is 1. The Hall–Kier alpha value is -2.24. The van der Waals surface area contributed by atoms with Gasteiger partial charge in [0.15, 0.2) is 0 Å². The fourth-order valence-electron chi connectivity index (χ4n) is 2.98. The lowest BCUT2D eigenvalue weighted by Crippen LogP contribution is -2.41. The van der Waals surface area contributed by atoms with E-state index in [1.165, 1.54) is 0 Å². The van der Waals surface area contributed by atoms with Crippen LogP contribution in [0.25, 0.3) is 0 Å². The predicted octanol–water partition coefficient (Wildman–Crippen LogP) is 1.48. The number of aliphatic carboxylic acids is 1.